The average Bonchev–Trinajstić information content (AvgIpc) is 2.63. The molecule has 0 aliphatic rings. The highest BCUT2D eigenvalue weighted by Crippen LogP contribution is 2.26. The quantitative estimate of drug-likeness (QED) is 0.946. The molecule has 6 heteroatoms. The van der Waals surface area contributed by atoms with Gasteiger partial charge in [0.05, 0.1) is 5.69 Å². The monoisotopic (exact) mass is 314 g/mol. The molecule has 0 saturated carbocycles. The summed E-state index contributed by atoms with van der Waals surface area (Å²) >= 11 is 9.51. The van der Waals surface area contributed by atoms with Gasteiger partial charge in [0, 0.05) is 35.2 Å². The van der Waals surface area contributed by atoms with E-state index < -0.39 is 0 Å². The van der Waals surface area contributed by atoms with E-state index >= 15 is 0 Å². The van der Waals surface area contributed by atoms with Crippen LogP contribution in [0.2, 0.25) is 5.02 Å². The lowest BCUT2D eigenvalue weighted by atomic mass is 10.0. The summed E-state index contributed by atoms with van der Waals surface area (Å²) < 4.78 is 2.60. The summed E-state index contributed by atoms with van der Waals surface area (Å²) in [6.07, 6.45) is 2.47. The lowest BCUT2D eigenvalue weighted by molar-refractivity contribution is 0.694. The minimum atomic E-state index is -0.174. The van der Waals surface area contributed by atoms with Crippen LogP contribution < -0.4 is 5.73 Å². The molecule has 2 aromatic rings. The van der Waals surface area contributed by atoms with Crippen LogP contribution in [0, 0.1) is 0 Å². The molecule has 2 rings (SSSR count). The van der Waals surface area contributed by atoms with Gasteiger partial charge in [0.2, 0.25) is 0 Å². The van der Waals surface area contributed by atoms with Gasteiger partial charge in [-0.25, -0.2) is 0 Å². The minimum absolute atomic E-state index is 0.174. The third kappa shape index (κ3) is 3.06. The van der Waals surface area contributed by atoms with E-state index in [4.69, 9.17) is 17.3 Å². The fourth-order valence-corrected chi connectivity index (χ4v) is 2.44. The van der Waals surface area contributed by atoms with Gasteiger partial charge in [0.25, 0.3) is 0 Å². The normalized spacial score (nSPS) is 12.7. The Labute approximate surface area is 113 Å². The molecule has 1 atom stereocenters. The van der Waals surface area contributed by atoms with Crippen LogP contribution in [0.5, 0.6) is 0 Å². The van der Waals surface area contributed by atoms with Crippen molar-refractivity contribution in [3.63, 3.8) is 0 Å². The molecule has 0 radical (unpaired) electrons. The van der Waals surface area contributed by atoms with E-state index in [1.54, 1.807) is 4.68 Å². The van der Waals surface area contributed by atoms with Crippen LogP contribution >= 0.6 is 27.5 Å². The molecule has 0 bridgehead atoms. The van der Waals surface area contributed by atoms with Gasteiger partial charge in [-0.15, -0.1) is 5.10 Å². The molecular formula is C11H12BrClN4. The van der Waals surface area contributed by atoms with Crippen LogP contribution in [0.15, 0.2) is 28.9 Å². The molecule has 1 heterocycles. The van der Waals surface area contributed by atoms with Crippen molar-refractivity contribution in [3.05, 3.63) is 45.1 Å². The molecule has 0 aliphatic heterocycles. The Balaban J connectivity index is 2.17. The van der Waals surface area contributed by atoms with Crippen molar-refractivity contribution in [1.29, 1.82) is 0 Å². The first-order chi connectivity index (χ1) is 8.06. The van der Waals surface area contributed by atoms with Crippen molar-refractivity contribution in [1.82, 2.24) is 15.0 Å². The van der Waals surface area contributed by atoms with Crippen LogP contribution in [-0.2, 0) is 13.5 Å². The van der Waals surface area contributed by atoms with Gasteiger partial charge >= 0.3 is 0 Å². The second kappa shape index (κ2) is 5.16. The third-order valence-electron chi connectivity index (χ3n) is 2.44. The fourth-order valence-electron chi connectivity index (χ4n) is 1.63. The molecule has 4 nitrogen and oxygen atoms in total. The Morgan fingerprint density at radius 3 is 2.88 bits per heavy atom. The molecule has 90 valence electrons. The van der Waals surface area contributed by atoms with Crippen molar-refractivity contribution >= 4 is 27.5 Å². The van der Waals surface area contributed by atoms with Crippen molar-refractivity contribution < 1.29 is 0 Å². The maximum absolute atomic E-state index is 6.14. The topological polar surface area (TPSA) is 56.7 Å². The Morgan fingerprint density at radius 1 is 1.53 bits per heavy atom. The van der Waals surface area contributed by atoms with E-state index in [0.29, 0.717) is 11.4 Å². The molecule has 17 heavy (non-hydrogen) atoms. The molecule has 0 spiro atoms. The van der Waals surface area contributed by atoms with Crippen LogP contribution in [0.25, 0.3) is 0 Å². The molecule has 2 N–H and O–H groups in total. The van der Waals surface area contributed by atoms with Gasteiger partial charge in [0.1, 0.15) is 0 Å². The number of rotatable bonds is 3. The first-order valence-corrected chi connectivity index (χ1v) is 6.29. The number of aryl methyl sites for hydroxylation is 1. The molecule has 0 fully saturated rings. The first-order valence-electron chi connectivity index (χ1n) is 5.12. The summed E-state index contributed by atoms with van der Waals surface area (Å²) in [5.41, 5.74) is 7.89. The lowest BCUT2D eigenvalue weighted by Gasteiger charge is -2.12. The van der Waals surface area contributed by atoms with Gasteiger partial charge in [-0.05, 0) is 17.7 Å². The second-order valence-corrected chi connectivity index (χ2v) is 5.18. The number of hydrogen-bond donors (Lipinski definition) is 1. The maximum atomic E-state index is 6.14. The predicted molar refractivity (Wildman–Crippen MR) is 70.8 cm³/mol. The van der Waals surface area contributed by atoms with E-state index in [1.807, 2.05) is 31.4 Å². The van der Waals surface area contributed by atoms with Crippen molar-refractivity contribution in [2.75, 3.05) is 0 Å². The Morgan fingerprint density at radius 2 is 2.29 bits per heavy atom. The van der Waals surface area contributed by atoms with Gasteiger partial charge < -0.3 is 5.73 Å². The molecular weight excluding hydrogens is 304 g/mol. The van der Waals surface area contributed by atoms with Gasteiger partial charge in [-0.3, -0.25) is 4.68 Å². The lowest BCUT2D eigenvalue weighted by Crippen LogP contribution is -2.14. The smallest absolute Gasteiger partial charge is 0.0845 e. The van der Waals surface area contributed by atoms with Gasteiger partial charge in [-0.1, -0.05) is 38.8 Å². The molecule has 1 aromatic carbocycles. The summed E-state index contributed by atoms with van der Waals surface area (Å²) in [5.74, 6) is 0. The highest BCUT2D eigenvalue weighted by molar-refractivity contribution is 9.10. The summed E-state index contributed by atoms with van der Waals surface area (Å²) in [7, 11) is 1.83. The minimum Gasteiger partial charge on any atom is -0.324 e. The van der Waals surface area contributed by atoms with E-state index in [9.17, 15) is 0 Å². The van der Waals surface area contributed by atoms with Gasteiger partial charge in [0.15, 0.2) is 0 Å². The zero-order chi connectivity index (χ0) is 12.4. The van der Waals surface area contributed by atoms with Crippen molar-refractivity contribution in [3.8, 4) is 0 Å². The number of nitrogens with two attached hydrogens (primary N) is 1. The number of hydrogen-bond acceptors (Lipinski definition) is 3. The standard InChI is InChI=1S/C11H12BrClN4/c1-17-6-8(15-16-17)5-11(14)9-3-2-7(12)4-10(9)13/h2-4,6,11H,5,14H2,1H3. The number of halogens is 2. The molecule has 1 unspecified atom stereocenters. The summed E-state index contributed by atoms with van der Waals surface area (Å²) in [6.45, 7) is 0. The van der Waals surface area contributed by atoms with E-state index in [2.05, 4.69) is 26.2 Å². The highest BCUT2D eigenvalue weighted by Gasteiger charge is 2.12. The summed E-state index contributed by atoms with van der Waals surface area (Å²) in [5, 5.41) is 8.54. The summed E-state index contributed by atoms with van der Waals surface area (Å²) in [6, 6.07) is 5.52. The highest BCUT2D eigenvalue weighted by atomic mass is 79.9. The fraction of sp³-hybridized carbons (Fsp3) is 0.273. The van der Waals surface area contributed by atoms with E-state index in [1.165, 1.54) is 0 Å². The van der Waals surface area contributed by atoms with Crippen LogP contribution in [0.1, 0.15) is 17.3 Å². The first kappa shape index (κ1) is 12.5. The molecule has 0 amide bonds. The largest absolute Gasteiger partial charge is 0.324 e. The molecule has 0 aliphatic carbocycles. The van der Waals surface area contributed by atoms with E-state index in [-0.39, 0.29) is 6.04 Å². The molecule has 0 saturated heterocycles. The third-order valence-corrected chi connectivity index (χ3v) is 3.26. The van der Waals surface area contributed by atoms with Crippen LogP contribution in [0.3, 0.4) is 0 Å². The summed E-state index contributed by atoms with van der Waals surface area (Å²) in [4.78, 5) is 0. The Kier molecular flexibility index (Phi) is 3.81. The number of benzene rings is 1. The zero-order valence-corrected chi connectivity index (χ0v) is 11.6. The molecule has 1 aromatic heterocycles. The van der Waals surface area contributed by atoms with Crippen molar-refractivity contribution in [2.45, 2.75) is 12.5 Å². The Hall–Kier alpha value is -0.910. The number of aromatic nitrogens is 3. The Bertz CT molecular complexity index is 526. The predicted octanol–water partition coefficient (Wildman–Crippen LogP) is 2.47. The SMILES string of the molecule is Cn1cc(CC(N)c2ccc(Br)cc2Cl)nn1. The van der Waals surface area contributed by atoms with Crippen LogP contribution in [0.4, 0.5) is 0 Å². The maximum Gasteiger partial charge on any atom is 0.0845 e. The van der Waals surface area contributed by atoms with Gasteiger partial charge in [-0.2, -0.15) is 0 Å². The average molecular weight is 316 g/mol. The van der Waals surface area contributed by atoms with E-state index in [0.717, 1.165) is 15.7 Å². The van der Waals surface area contributed by atoms with Crippen molar-refractivity contribution in [2.24, 2.45) is 12.8 Å². The number of nitrogens with zero attached hydrogens (tertiary/aromatic N) is 3. The second-order valence-electron chi connectivity index (χ2n) is 3.86. The van der Waals surface area contributed by atoms with Crippen LogP contribution in [-0.4, -0.2) is 15.0 Å². The zero-order valence-electron chi connectivity index (χ0n) is 9.27.